The Hall–Kier alpha value is -1.99. The van der Waals surface area contributed by atoms with Gasteiger partial charge in [0, 0.05) is 11.6 Å². The largest absolute Gasteiger partial charge is 0.256 e. The molecule has 2 rings (SSSR count). The van der Waals surface area contributed by atoms with E-state index in [0.29, 0.717) is 6.54 Å². The van der Waals surface area contributed by atoms with Gasteiger partial charge in [-0.3, -0.25) is 4.98 Å². The summed E-state index contributed by atoms with van der Waals surface area (Å²) < 4.78 is 0. The van der Waals surface area contributed by atoms with Crippen LogP contribution in [0.3, 0.4) is 0 Å². The maximum absolute atomic E-state index is 10.0. The minimum absolute atomic E-state index is 0.368. The summed E-state index contributed by atoms with van der Waals surface area (Å²) in [6.07, 6.45) is 3.26. The lowest BCUT2D eigenvalue weighted by Gasteiger charge is -2.00. The van der Waals surface area contributed by atoms with Crippen LogP contribution in [-0.2, 0) is 11.3 Å². The third kappa shape index (κ3) is 1.53. The first-order valence-electron chi connectivity index (χ1n) is 4.28. The van der Waals surface area contributed by atoms with Crippen molar-refractivity contribution in [3.8, 4) is 0 Å². The van der Waals surface area contributed by atoms with Crippen LogP contribution in [-0.4, -0.2) is 11.1 Å². The Morgan fingerprint density at radius 1 is 1.29 bits per heavy atom. The maximum Gasteiger partial charge on any atom is 0.235 e. The fourth-order valence-electron chi connectivity index (χ4n) is 1.41. The predicted molar refractivity (Wildman–Crippen MR) is 53.6 cm³/mol. The van der Waals surface area contributed by atoms with Crippen LogP contribution in [0.4, 0.5) is 0 Å². The van der Waals surface area contributed by atoms with Crippen molar-refractivity contribution in [2.75, 3.05) is 0 Å². The lowest BCUT2D eigenvalue weighted by Crippen LogP contribution is -1.86. The highest BCUT2D eigenvalue weighted by atomic mass is 16.1. The summed E-state index contributed by atoms with van der Waals surface area (Å²) in [5.41, 5.74) is 1.92. The number of aromatic nitrogens is 1. The number of carbonyl (C=O) groups excluding carboxylic acids is 1. The van der Waals surface area contributed by atoms with Crippen molar-refractivity contribution in [2.45, 2.75) is 6.54 Å². The number of aliphatic imine (C=N–C) groups is 1. The number of hydrogen-bond donors (Lipinski definition) is 0. The van der Waals surface area contributed by atoms with Crippen LogP contribution in [0.5, 0.6) is 0 Å². The molecule has 2 aromatic rings. The summed E-state index contributed by atoms with van der Waals surface area (Å²) >= 11 is 0. The van der Waals surface area contributed by atoms with Gasteiger partial charge in [-0.25, -0.2) is 9.79 Å². The molecule has 3 heteroatoms. The molecule has 0 bridgehead atoms. The van der Waals surface area contributed by atoms with Crippen LogP contribution in [0.25, 0.3) is 10.9 Å². The second kappa shape index (κ2) is 3.81. The third-order valence-electron chi connectivity index (χ3n) is 2.05. The average molecular weight is 184 g/mol. The van der Waals surface area contributed by atoms with Crippen molar-refractivity contribution >= 4 is 17.0 Å². The van der Waals surface area contributed by atoms with E-state index in [1.165, 1.54) is 6.08 Å². The zero-order valence-corrected chi connectivity index (χ0v) is 7.47. The molecule has 0 aliphatic carbocycles. The SMILES string of the molecule is O=C=NCc1ccnc2ccccc12. The lowest BCUT2D eigenvalue weighted by molar-refractivity contribution is 0.563. The van der Waals surface area contributed by atoms with Crippen molar-refractivity contribution < 1.29 is 4.79 Å². The van der Waals surface area contributed by atoms with Gasteiger partial charge in [-0.15, -0.1) is 0 Å². The molecule has 0 atom stereocenters. The monoisotopic (exact) mass is 184 g/mol. The lowest BCUT2D eigenvalue weighted by atomic mass is 10.1. The van der Waals surface area contributed by atoms with Crippen LogP contribution in [0, 0.1) is 0 Å². The Kier molecular flexibility index (Phi) is 2.34. The van der Waals surface area contributed by atoms with Gasteiger partial charge in [-0.05, 0) is 17.7 Å². The molecule has 0 saturated heterocycles. The van der Waals surface area contributed by atoms with E-state index in [2.05, 4.69) is 9.98 Å². The summed E-state index contributed by atoms with van der Waals surface area (Å²) in [4.78, 5) is 17.8. The molecule has 0 radical (unpaired) electrons. The highest BCUT2D eigenvalue weighted by molar-refractivity contribution is 5.81. The van der Waals surface area contributed by atoms with Gasteiger partial charge in [0.15, 0.2) is 0 Å². The summed E-state index contributed by atoms with van der Waals surface area (Å²) in [5.74, 6) is 0. The molecule has 1 aromatic heterocycles. The van der Waals surface area contributed by atoms with E-state index in [-0.39, 0.29) is 0 Å². The Morgan fingerprint density at radius 3 is 3.00 bits per heavy atom. The molecule has 0 spiro atoms. The molecule has 0 saturated carbocycles. The fraction of sp³-hybridized carbons (Fsp3) is 0.0909. The highest BCUT2D eigenvalue weighted by Crippen LogP contribution is 2.16. The van der Waals surface area contributed by atoms with Gasteiger partial charge in [0.05, 0.1) is 12.1 Å². The first-order valence-corrected chi connectivity index (χ1v) is 4.28. The normalized spacial score (nSPS) is 9.71. The van der Waals surface area contributed by atoms with E-state index in [1.54, 1.807) is 6.20 Å². The maximum atomic E-state index is 10.0. The Balaban J connectivity index is 2.58. The molecule has 0 aliphatic heterocycles. The fourth-order valence-corrected chi connectivity index (χ4v) is 1.41. The zero-order chi connectivity index (χ0) is 9.80. The van der Waals surface area contributed by atoms with Gasteiger partial charge in [0.25, 0.3) is 0 Å². The Morgan fingerprint density at radius 2 is 2.14 bits per heavy atom. The van der Waals surface area contributed by atoms with Crippen molar-refractivity contribution in [2.24, 2.45) is 4.99 Å². The topological polar surface area (TPSA) is 42.3 Å². The summed E-state index contributed by atoms with van der Waals surface area (Å²) in [6.45, 7) is 0.368. The van der Waals surface area contributed by atoms with E-state index in [4.69, 9.17) is 0 Å². The second-order valence-corrected chi connectivity index (χ2v) is 2.89. The quantitative estimate of drug-likeness (QED) is 0.529. The number of rotatable bonds is 2. The molecular formula is C11H8N2O. The summed E-state index contributed by atoms with van der Waals surface area (Å²) in [6, 6.07) is 9.64. The molecule has 1 aromatic carbocycles. The standard InChI is InChI=1S/C11H8N2O/c14-8-12-7-9-5-6-13-11-4-2-1-3-10(9)11/h1-6H,7H2. The van der Waals surface area contributed by atoms with E-state index in [0.717, 1.165) is 16.5 Å². The molecule has 1 heterocycles. The summed E-state index contributed by atoms with van der Waals surface area (Å²) in [5, 5.41) is 1.04. The number of para-hydroxylation sites is 1. The van der Waals surface area contributed by atoms with E-state index < -0.39 is 0 Å². The molecule has 0 unspecified atom stereocenters. The predicted octanol–water partition coefficient (Wildman–Crippen LogP) is 2.07. The van der Waals surface area contributed by atoms with Gasteiger partial charge in [0.1, 0.15) is 0 Å². The number of benzene rings is 1. The van der Waals surface area contributed by atoms with E-state index in [1.807, 2.05) is 30.3 Å². The van der Waals surface area contributed by atoms with Crippen LogP contribution in [0.1, 0.15) is 5.56 Å². The molecule has 0 amide bonds. The number of fused-ring (bicyclic) bond motifs is 1. The van der Waals surface area contributed by atoms with Crippen LogP contribution in [0.2, 0.25) is 0 Å². The molecule has 3 nitrogen and oxygen atoms in total. The average Bonchev–Trinajstić information content (AvgIpc) is 2.26. The van der Waals surface area contributed by atoms with Crippen LogP contribution >= 0.6 is 0 Å². The number of nitrogens with zero attached hydrogens (tertiary/aromatic N) is 2. The molecule has 0 aliphatic rings. The molecule has 0 N–H and O–H groups in total. The van der Waals surface area contributed by atoms with Crippen LogP contribution in [0.15, 0.2) is 41.5 Å². The van der Waals surface area contributed by atoms with Crippen molar-refractivity contribution in [3.05, 3.63) is 42.1 Å². The van der Waals surface area contributed by atoms with Crippen molar-refractivity contribution in [1.29, 1.82) is 0 Å². The number of pyridine rings is 1. The minimum Gasteiger partial charge on any atom is -0.256 e. The van der Waals surface area contributed by atoms with Gasteiger partial charge < -0.3 is 0 Å². The zero-order valence-electron chi connectivity index (χ0n) is 7.47. The van der Waals surface area contributed by atoms with Crippen LogP contribution < -0.4 is 0 Å². The molecular weight excluding hydrogens is 176 g/mol. The Labute approximate surface area is 81.1 Å². The Bertz CT molecular complexity index is 496. The number of hydrogen-bond acceptors (Lipinski definition) is 3. The van der Waals surface area contributed by atoms with Gasteiger partial charge >= 0.3 is 0 Å². The van der Waals surface area contributed by atoms with Crippen molar-refractivity contribution in [1.82, 2.24) is 4.98 Å². The first-order chi connectivity index (χ1) is 6.92. The van der Waals surface area contributed by atoms with E-state index >= 15 is 0 Å². The summed E-state index contributed by atoms with van der Waals surface area (Å²) in [7, 11) is 0. The van der Waals surface area contributed by atoms with Gasteiger partial charge in [0.2, 0.25) is 6.08 Å². The van der Waals surface area contributed by atoms with E-state index in [9.17, 15) is 4.79 Å². The smallest absolute Gasteiger partial charge is 0.235 e. The van der Waals surface area contributed by atoms with Gasteiger partial charge in [-0.1, -0.05) is 18.2 Å². The minimum atomic E-state index is 0.368. The first kappa shape index (κ1) is 8.60. The molecule has 0 fully saturated rings. The molecule has 14 heavy (non-hydrogen) atoms. The third-order valence-corrected chi connectivity index (χ3v) is 2.05. The highest BCUT2D eigenvalue weighted by Gasteiger charge is 1.98. The second-order valence-electron chi connectivity index (χ2n) is 2.89. The van der Waals surface area contributed by atoms with Crippen molar-refractivity contribution in [3.63, 3.8) is 0 Å². The number of isocyanates is 1. The molecule has 68 valence electrons. The van der Waals surface area contributed by atoms with Gasteiger partial charge in [-0.2, -0.15) is 0 Å².